The summed E-state index contributed by atoms with van der Waals surface area (Å²) in [6.07, 6.45) is 1.70. The summed E-state index contributed by atoms with van der Waals surface area (Å²) in [6.45, 7) is 0. The van der Waals surface area contributed by atoms with E-state index in [1.807, 2.05) is 18.2 Å². The van der Waals surface area contributed by atoms with Gasteiger partial charge in [-0.2, -0.15) is 0 Å². The van der Waals surface area contributed by atoms with Crippen LogP contribution < -0.4 is 5.32 Å². The van der Waals surface area contributed by atoms with Gasteiger partial charge in [0.05, 0.1) is 12.7 Å². The molecule has 0 spiro atoms. The second-order valence-electron chi connectivity index (χ2n) is 3.56. The van der Waals surface area contributed by atoms with Crippen LogP contribution in [0.2, 0.25) is 0 Å². The second kappa shape index (κ2) is 5.64. The number of halogens is 1. The molecule has 0 bridgehead atoms. The number of anilines is 2. The Balaban J connectivity index is 2.19. The van der Waals surface area contributed by atoms with Crippen molar-refractivity contribution in [3.63, 3.8) is 0 Å². The molecule has 0 atom stereocenters. The highest BCUT2D eigenvalue weighted by Crippen LogP contribution is 2.18. The van der Waals surface area contributed by atoms with Gasteiger partial charge < -0.3 is 10.1 Å². The van der Waals surface area contributed by atoms with Crippen molar-refractivity contribution in [2.24, 2.45) is 0 Å². The summed E-state index contributed by atoms with van der Waals surface area (Å²) in [5, 5.41) is 3.11. The fourth-order valence-electron chi connectivity index (χ4n) is 1.44. The molecule has 1 heterocycles. The summed E-state index contributed by atoms with van der Waals surface area (Å²) in [4.78, 5) is 15.6. The second-order valence-corrected chi connectivity index (χ2v) is 4.47. The molecule has 0 unspecified atom stereocenters. The number of carbonyl (C=O) groups is 1. The van der Waals surface area contributed by atoms with Crippen LogP contribution in [0.3, 0.4) is 0 Å². The monoisotopic (exact) mass is 306 g/mol. The van der Waals surface area contributed by atoms with E-state index in [4.69, 9.17) is 0 Å². The van der Waals surface area contributed by atoms with Gasteiger partial charge in [-0.1, -0.05) is 6.07 Å². The summed E-state index contributed by atoms with van der Waals surface area (Å²) in [5.74, 6) is 0.350. The van der Waals surface area contributed by atoms with Crippen molar-refractivity contribution in [2.45, 2.75) is 0 Å². The highest BCUT2D eigenvalue weighted by atomic mass is 79.9. The average Bonchev–Trinajstić information content (AvgIpc) is 2.41. The Labute approximate surface area is 113 Å². The van der Waals surface area contributed by atoms with E-state index in [1.165, 1.54) is 7.11 Å². The predicted octanol–water partition coefficient (Wildman–Crippen LogP) is 3.37. The fourth-order valence-corrected chi connectivity index (χ4v) is 1.67. The topological polar surface area (TPSA) is 51.2 Å². The first-order valence-corrected chi connectivity index (χ1v) is 6.05. The number of nitrogens with zero attached hydrogens (tertiary/aromatic N) is 1. The number of ether oxygens (including phenoxy) is 1. The molecule has 0 amide bonds. The van der Waals surface area contributed by atoms with Crippen molar-refractivity contribution >= 4 is 33.4 Å². The van der Waals surface area contributed by atoms with E-state index in [9.17, 15) is 4.79 Å². The molecule has 5 heteroatoms. The number of esters is 1. The quantitative estimate of drug-likeness (QED) is 0.883. The van der Waals surface area contributed by atoms with E-state index >= 15 is 0 Å². The Morgan fingerprint density at radius 3 is 2.83 bits per heavy atom. The van der Waals surface area contributed by atoms with Gasteiger partial charge in [-0.05, 0) is 46.3 Å². The van der Waals surface area contributed by atoms with Crippen molar-refractivity contribution in [3.05, 3.63) is 52.6 Å². The number of nitrogens with one attached hydrogen (secondary N) is 1. The van der Waals surface area contributed by atoms with Gasteiger partial charge in [0.25, 0.3) is 0 Å². The summed E-state index contributed by atoms with van der Waals surface area (Å²) in [6, 6.07) is 10.8. The number of rotatable bonds is 3. The van der Waals surface area contributed by atoms with Gasteiger partial charge in [0.1, 0.15) is 5.82 Å². The predicted molar refractivity (Wildman–Crippen MR) is 73.0 cm³/mol. The number of benzene rings is 1. The maximum atomic E-state index is 11.4. The minimum Gasteiger partial charge on any atom is -0.465 e. The van der Waals surface area contributed by atoms with Crippen LogP contribution in [0.4, 0.5) is 11.5 Å². The van der Waals surface area contributed by atoms with Crippen LogP contribution in [0.25, 0.3) is 0 Å². The first-order chi connectivity index (χ1) is 8.69. The molecule has 0 saturated carbocycles. The zero-order chi connectivity index (χ0) is 13.0. The summed E-state index contributed by atoms with van der Waals surface area (Å²) in [5.41, 5.74) is 1.28. The molecule has 0 radical (unpaired) electrons. The third-order valence-electron chi connectivity index (χ3n) is 2.28. The van der Waals surface area contributed by atoms with Gasteiger partial charge >= 0.3 is 5.97 Å². The van der Waals surface area contributed by atoms with Gasteiger partial charge in [0.15, 0.2) is 0 Å². The zero-order valence-electron chi connectivity index (χ0n) is 9.68. The molecule has 18 heavy (non-hydrogen) atoms. The first kappa shape index (κ1) is 12.6. The Morgan fingerprint density at radius 2 is 2.17 bits per heavy atom. The van der Waals surface area contributed by atoms with E-state index in [-0.39, 0.29) is 5.97 Å². The zero-order valence-corrected chi connectivity index (χ0v) is 11.3. The maximum Gasteiger partial charge on any atom is 0.337 e. The van der Waals surface area contributed by atoms with E-state index in [0.29, 0.717) is 11.4 Å². The molecule has 4 nitrogen and oxygen atoms in total. The van der Waals surface area contributed by atoms with Crippen molar-refractivity contribution in [1.29, 1.82) is 0 Å². The van der Waals surface area contributed by atoms with Gasteiger partial charge in [-0.3, -0.25) is 0 Å². The number of carbonyl (C=O) groups excluding carboxylic acids is 1. The Bertz CT molecular complexity index is 555. The van der Waals surface area contributed by atoms with Crippen LogP contribution in [0.1, 0.15) is 10.4 Å². The van der Waals surface area contributed by atoms with E-state index in [0.717, 1.165) is 10.2 Å². The highest BCUT2D eigenvalue weighted by molar-refractivity contribution is 9.10. The van der Waals surface area contributed by atoms with Gasteiger partial charge in [0, 0.05) is 16.4 Å². The molecule has 0 aliphatic heterocycles. The molecular weight excluding hydrogens is 296 g/mol. The van der Waals surface area contributed by atoms with Gasteiger partial charge in [-0.25, -0.2) is 9.78 Å². The Morgan fingerprint density at radius 1 is 1.33 bits per heavy atom. The molecule has 2 rings (SSSR count). The minimum absolute atomic E-state index is 0.359. The molecule has 0 fully saturated rings. The van der Waals surface area contributed by atoms with E-state index in [1.54, 1.807) is 24.4 Å². The van der Waals surface area contributed by atoms with Gasteiger partial charge in [0.2, 0.25) is 0 Å². The van der Waals surface area contributed by atoms with Crippen LogP contribution in [-0.2, 0) is 4.74 Å². The molecule has 2 aromatic rings. The van der Waals surface area contributed by atoms with Crippen LogP contribution >= 0.6 is 15.9 Å². The summed E-state index contributed by atoms with van der Waals surface area (Å²) in [7, 11) is 1.36. The lowest BCUT2D eigenvalue weighted by atomic mass is 10.2. The van der Waals surface area contributed by atoms with Crippen LogP contribution in [0.5, 0.6) is 0 Å². The van der Waals surface area contributed by atoms with Crippen LogP contribution in [-0.4, -0.2) is 18.1 Å². The first-order valence-electron chi connectivity index (χ1n) is 5.26. The fraction of sp³-hybridized carbons (Fsp3) is 0.0769. The summed E-state index contributed by atoms with van der Waals surface area (Å²) >= 11 is 3.32. The molecule has 1 aromatic carbocycles. The lowest BCUT2D eigenvalue weighted by Gasteiger charge is -2.06. The van der Waals surface area contributed by atoms with Crippen molar-refractivity contribution in [2.75, 3.05) is 12.4 Å². The average molecular weight is 307 g/mol. The Hall–Kier alpha value is -1.88. The SMILES string of the molecule is COC(=O)c1cccc(Nc2ccc(Br)cn2)c1. The molecular formula is C13H11BrN2O2. The number of hydrogen-bond acceptors (Lipinski definition) is 4. The number of pyridine rings is 1. The van der Waals surface area contributed by atoms with Crippen LogP contribution in [0, 0.1) is 0 Å². The third kappa shape index (κ3) is 3.07. The molecule has 0 aliphatic rings. The lowest BCUT2D eigenvalue weighted by molar-refractivity contribution is 0.0601. The largest absolute Gasteiger partial charge is 0.465 e. The molecule has 92 valence electrons. The third-order valence-corrected chi connectivity index (χ3v) is 2.75. The molecule has 1 N–H and O–H groups in total. The maximum absolute atomic E-state index is 11.4. The molecule has 1 aromatic heterocycles. The smallest absolute Gasteiger partial charge is 0.337 e. The number of hydrogen-bond donors (Lipinski definition) is 1. The van der Waals surface area contributed by atoms with Crippen LogP contribution in [0.15, 0.2) is 47.1 Å². The molecule has 0 aliphatic carbocycles. The number of aromatic nitrogens is 1. The molecule has 0 saturated heterocycles. The number of methoxy groups -OCH3 is 1. The summed E-state index contributed by atoms with van der Waals surface area (Å²) < 4.78 is 5.58. The van der Waals surface area contributed by atoms with Crippen molar-refractivity contribution in [3.8, 4) is 0 Å². The highest BCUT2D eigenvalue weighted by Gasteiger charge is 2.05. The van der Waals surface area contributed by atoms with E-state index in [2.05, 4.69) is 31.0 Å². The standard InChI is InChI=1S/C13H11BrN2O2/c1-18-13(17)9-3-2-4-11(7-9)16-12-6-5-10(14)8-15-12/h2-8H,1H3,(H,15,16). The van der Waals surface area contributed by atoms with Crippen molar-refractivity contribution < 1.29 is 9.53 Å². The minimum atomic E-state index is -0.359. The lowest BCUT2D eigenvalue weighted by Crippen LogP contribution is -2.02. The van der Waals surface area contributed by atoms with Gasteiger partial charge in [-0.15, -0.1) is 0 Å². The van der Waals surface area contributed by atoms with Crippen molar-refractivity contribution in [1.82, 2.24) is 4.98 Å². The van der Waals surface area contributed by atoms with E-state index < -0.39 is 0 Å². The Kier molecular flexibility index (Phi) is 3.94. The normalized spacial score (nSPS) is 9.89.